The molecule has 0 radical (unpaired) electrons. The smallest absolute Gasteiger partial charge is 0.0722 e. The third-order valence-corrected chi connectivity index (χ3v) is 4.30. The first-order valence-electron chi connectivity index (χ1n) is 6.71. The van der Waals surface area contributed by atoms with Crippen molar-refractivity contribution in [1.82, 2.24) is 4.98 Å². The number of hydrogen-bond donors (Lipinski definition) is 1. The Morgan fingerprint density at radius 3 is 2.67 bits per heavy atom. The third-order valence-electron chi connectivity index (χ3n) is 3.47. The Kier molecular flexibility index (Phi) is 4.00. The van der Waals surface area contributed by atoms with Crippen LogP contribution in [0.15, 0.2) is 54.7 Å². The van der Waals surface area contributed by atoms with E-state index in [1.54, 1.807) is 12.3 Å². The number of rotatable bonds is 3. The van der Waals surface area contributed by atoms with E-state index in [-0.39, 0.29) is 6.04 Å². The number of nitrogens with zero attached hydrogens (tertiary/aromatic N) is 1. The Morgan fingerprint density at radius 2 is 1.81 bits per heavy atom. The standard InChI is InChI=1S/C17H14Cl2N2/c1-11(12-5-2-7-14(18)17(12)19)21-16-9-3-8-15-13(16)6-4-10-20-15/h2-11,21H,1H3. The predicted octanol–water partition coefficient (Wildman–Crippen LogP) is 5.71. The van der Waals surface area contributed by atoms with Gasteiger partial charge in [0.05, 0.1) is 21.6 Å². The average Bonchev–Trinajstić information content (AvgIpc) is 2.50. The molecule has 0 spiro atoms. The highest BCUT2D eigenvalue weighted by Crippen LogP contribution is 2.32. The lowest BCUT2D eigenvalue weighted by Crippen LogP contribution is -2.07. The van der Waals surface area contributed by atoms with Crippen LogP contribution in [-0.2, 0) is 0 Å². The lowest BCUT2D eigenvalue weighted by molar-refractivity contribution is 0.887. The minimum Gasteiger partial charge on any atom is -0.378 e. The quantitative estimate of drug-likeness (QED) is 0.669. The number of nitrogens with one attached hydrogen (secondary N) is 1. The van der Waals surface area contributed by atoms with Crippen molar-refractivity contribution in [1.29, 1.82) is 0 Å². The van der Waals surface area contributed by atoms with Crippen LogP contribution in [0.3, 0.4) is 0 Å². The fourth-order valence-corrected chi connectivity index (χ4v) is 2.87. The Bertz CT molecular complexity index is 781. The molecule has 4 heteroatoms. The fraction of sp³-hybridized carbons (Fsp3) is 0.118. The Morgan fingerprint density at radius 1 is 1.00 bits per heavy atom. The number of benzene rings is 2. The number of halogens is 2. The monoisotopic (exact) mass is 316 g/mol. The second-order valence-electron chi connectivity index (χ2n) is 4.88. The summed E-state index contributed by atoms with van der Waals surface area (Å²) < 4.78 is 0. The molecule has 0 aliphatic heterocycles. The van der Waals surface area contributed by atoms with Crippen molar-refractivity contribution in [2.24, 2.45) is 0 Å². The summed E-state index contributed by atoms with van der Waals surface area (Å²) in [5.41, 5.74) is 2.97. The molecule has 0 saturated carbocycles. The van der Waals surface area contributed by atoms with Crippen molar-refractivity contribution in [3.8, 4) is 0 Å². The third kappa shape index (κ3) is 2.82. The van der Waals surface area contributed by atoms with Crippen molar-refractivity contribution in [3.05, 3.63) is 70.3 Å². The highest BCUT2D eigenvalue weighted by Gasteiger charge is 2.12. The predicted molar refractivity (Wildman–Crippen MR) is 90.2 cm³/mol. The van der Waals surface area contributed by atoms with Gasteiger partial charge >= 0.3 is 0 Å². The van der Waals surface area contributed by atoms with Gasteiger partial charge in [-0.05, 0) is 42.8 Å². The van der Waals surface area contributed by atoms with E-state index in [9.17, 15) is 0 Å². The zero-order valence-corrected chi connectivity index (χ0v) is 13.0. The molecule has 1 heterocycles. The van der Waals surface area contributed by atoms with E-state index in [2.05, 4.69) is 23.3 Å². The lowest BCUT2D eigenvalue weighted by Gasteiger charge is -2.18. The van der Waals surface area contributed by atoms with E-state index >= 15 is 0 Å². The van der Waals surface area contributed by atoms with Gasteiger partial charge in [-0.3, -0.25) is 4.98 Å². The minimum absolute atomic E-state index is 0.0435. The first-order valence-corrected chi connectivity index (χ1v) is 7.46. The molecular weight excluding hydrogens is 303 g/mol. The normalized spacial score (nSPS) is 12.3. The SMILES string of the molecule is CC(Nc1cccc2ncccc12)c1cccc(Cl)c1Cl. The molecule has 0 bridgehead atoms. The van der Waals surface area contributed by atoms with Crippen molar-refractivity contribution in [2.45, 2.75) is 13.0 Å². The largest absolute Gasteiger partial charge is 0.378 e. The van der Waals surface area contributed by atoms with Gasteiger partial charge in [-0.1, -0.05) is 41.4 Å². The second kappa shape index (κ2) is 5.92. The van der Waals surface area contributed by atoms with Crippen LogP contribution >= 0.6 is 23.2 Å². The van der Waals surface area contributed by atoms with Gasteiger partial charge in [0.1, 0.15) is 0 Å². The van der Waals surface area contributed by atoms with E-state index in [4.69, 9.17) is 23.2 Å². The van der Waals surface area contributed by atoms with Crippen molar-refractivity contribution in [2.75, 3.05) is 5.32 Å². The molecular formula is C17H14Cl2N2. The molecule has 2 nitrogen and oxygen atoms in total. The summed E-state index contributed by atoms with van der Waals surface area (Å²) >= 11 is 12.4. The summed E-state index contributed by atoms with van der Waals surface area (Å²) in [5.74, 6) is 0. The van der Waals surface area contributed by atoms with Crippen LogP contribution in [0.5, 0.6) is 0 Å². The first kappa shape index (κ1) is 14.2. The van der Waals surface area contributed by atoms with Crippen molar-refractivity contribution >= 4 is 39.8 Å². The van der Waals surface area contributed by atoms with Gasteiger partial charge in [0.25, 0.3) is 0 Å². The Hall–Kier alpha value is -1.77. The Labute approximate surface area is 133 Å². The van der Waals surface area contributed by atoms with E-state index < -0.39 is 0 Å². The van der Waals surface area contributed by atoms with Gasteiger partial charge < -0.3 is 5.32 Å². The van der Waals surface area contributed by atoms with Crippen LogP contribution in [0.2, 0.25) is 10.0 Å². The van der Waals surface area contributed by atoms with Crippen LogP contribution < -0.4 is 5.32 Å². The summed E-state index contributed by atoms with van der Waals surface area (Å²) in [6, 6.07) is 15.7. The van der Waals surface area contributed by atoms with Crippen LogP contribution in [0.25, 0.3) is 10.9 Å². The number of hydrogen-bond acceptors (Lipinski definition) is 2. The van der Waals surface area contributed by atoms with Crippen LogP contribution in [-0.4, -0.2) is 4.98 Å². The summed E-state index contributed by atoms with van der Waals surface area (Å²) in [6.45, 7) is 2.06. The van der Waals surface area contributed by atoms with Crippen LogP contribution in [0, 0.1) is 0 Å². The lowest BCUT2D eigenvalue weighted by atomic mass is 10.1. The molecule has 1 atom stereocenters. The minimum atomic E-state index is 0.0435. The van der Waals surface area contributed by atoms with Gasteiger partial charge in [-0.2, -0.15) is 0 Å². The molecule has 2 aromatic carbocycles. The number of pyridine rings is 1. The molecule has 3 rings (SSSR count). The fourth-order valence-electron chi connectivity index (χ4n) is 2.40. The molecule has 3 aromatic rings. The summed E-state index contributed by atoms with van der Waals surface area (Å²) in [4.78, 5) is 4.37. The number of fused-ring (bicyclic) bond motifs is 1. The molecule has 1 unspecified atom stereocenters. The van der Waals surface area contributed by atoms with Gasteiger partial charge in [0, 0.05) is 17.3 Å². The number of aromatic nitrogens is 1. The van der Waals surface area contributed by atoms with E-state index in [0.29, 0.717) is 10.0 Å². The number of anilines is 1. The average molecular weight is 317 g/mol. The molecule has 21 heavy (non-hydrogen) atoms. The molecule has 0 fully saturated rings. The summed E-state index contributed by atoms with van der Waals surface area (Å²) in [7, 11) is 0. The van der Waals surface area contributed by atoms with Gasteiger partial charge in [0.2, 0.25) is 0 Å². The maximum Gasteiger partial charge on any atom is 0.0722 e. The van der Waals surface area contributed by atoms with Crippen molar-refractivity contribution < 1.29 is 0 Å². The molecule has 0 aliphatic rings. The first-order chi connectivity index (χ1) is 10.2. The van der Waals surface area contributed by atoms with E-state index in [0.717, 1.165) is 22.2 Å². The molecule has 106 valence electrons. The van der Waals surface area contributed by atoms with E-state index in [1.165, 1.54) is 0 Å². The molecule has 1 aromatic heterocycles. The summed E-state index contributed by atoms with van der Waals surface area (Å²) in [6.07, 6.45) is 1.80. The Balaban J connectivity index is 1.97. The summed E-state index contributed by atoms with van der Waals surface area (Å²) in [5, 5.41) is 5.74. The molecule has 0 aliphatic carbocycles. The zero-order valence-electron chi connectivity index (χ0n) is 11.5. The maximum absolute atomic E-state index is 6.29. The maximum atomic E-state index is 6.29. The topological polar surface area (TPSA) is 24.9 Å². The zero-order chi connectivity index (χ0) is 14.8. The molecule has 0 saturated heterocycles. The molecule has 1 N–H and O–H groups in total. The molecule has 0 amide bonds. The van der Waals surface area contributed by atoms with Gasteiger partial charge in [-0.15, -0.1) is 0 Å². The van der Waals surface area contributed by atoms with Gasteiger partial charge in [0.15, 0.2) is 0 Å². The van der Waals surface area contributed by atoms with Crippen LogP contribution in [0.4, 0.5) is 5.69 Å². The van der Waals surface area contributed by atoms with Gasteiger partial charge in [-0.25, -0.2) is 0 Å². The highest BCUT2D eigenvalue weighted by atomic mass is 35.5. The highest BCUT2D eigenvalue weighted by molar-refractivity contribution is 6.42. The van der Waals surface area contributed by atoms with Crippen LogP contribution in [0.1, 0.15) is 18.5 Å². The second-order valence-corrected chi connectivity index (χ2v) is 5.67. The van der Waals surface area contributed by atoms with Crippen molar-refractivity contribution in [3.63, 3.8) is 0 Å². The van der Waals surface area contributed by atoms with E-state index in [1.807, 2.05) is 36.4 Å².